The summed E-state index contributed by atoms with van der Waals surface area (Å²) in [6, 6.07) is 1.63. The number of carbonyl (C=O) groups excluding carboxylic acids is 1. The van der Waals surface area contributed by atoms with Crippen molar-refractivity contribution in [2.45, 2.75) is 40.0 Å². The molecule has 0 aromatic carbocycles. The average Bonchev–Trinajstić information content (AvgIpc) is 2.90. The molecule has 0 spiro atoms. The Kier molecular flexibility index (Phi) is 5.41. The maximum absolute atomic E-state index is 12.9. The van der Waals surface area contributed by atoms with E-state index in [1.807, 2.05) is 39.4 Å². The molecule has 0 bridgehead atoms. The summed E-state index contributed by atoms with van der Waals surface area (Å²) in [5.41, 5.74) is 2.96. The zero-order valence-electron chi connectivity index (χ0n) is 17.6. The van der Waals surface area contributed by atoms with E-state index in [-0.39, 0.29) is 28.4 Å². The molecule has 0 fully saturated rings. The number of aryl methyl sites for hydroxylation is 3. The number of rotatable bonds is 5. The Morgan fingerprint density at radius 2 is 1.93 bits per heavy atom. The highest BCUT2D eigenvalue weighted by Gasteiger charge is 2.19. The minimum absolute atomic E-state index is 0.0287. The van der Waals surface area contributed by atoms with Crippen LogP contribution in [0.1, 0.15) is 52.8 Å². The van der Waals surface area contributed by atoms with Gasteiger partial charge < -0.3 is 5.32 Å². The fourth-order valence-electron chi connectivity index (χ4n) is 3.41. The Morgan fingerprint density at radius 3 is 2.52 bits per heavy atom. The van der Waals surface area contributed by atoms with Gasteiger partial charge in [0.25, 0.3) is 11.5 Å². The number of aromatic amines is 1. The molecule has 0 aliphatic carbocycles. The van der Waals surface area contributed by atoms with Crippen molar-refractivity contribution >= 4 is 16.9 Å². The lowest BCUT2D eigenvalue weighted by Gasteiger charge is -2.13. The number of aromatic nitrogens is 5. The van der Waals surface area contributed by atoms with Crippen LogP contribution >= 0.6 is 0 Å². The molecule has 29 heavy (non-hydrogen) atoms. The number of H-pyrrole nitrogens is 1. The summed E-state index contributed by atoms with van der Waals surface area (Å²) >= 11 is 0. The molecule has 1 amide bonds. The topological polar surface area (TPSA) is 115 Å². The van der Waals surface area contributed by atoms with Gasteiger partial charge in [-0.25, -0.2) is 9.78 Å². The fourth-order valence-corrected chi connectivity index (χ4v) is 3.41. The molecule has 0 aliphatic heterocycles. The largest absolute Gasteiger partial charge is 0.352 e. The quantitative estimate of drug-likeness (QED) is 0.667. The van der Waals surface area contributed by atoms with Crippen LogP contribution in [0, 0.1) is 13.8 Å². The molecular weight excluding hydrogens is 372 g/mol. The van der Waals surface area contributed by atoms with Crippen molar-refractivity contribution in [1.82, 2.24) is 29.6 Å². The maximum Gasteiger partial charge on any atom is 0.329 e. The van der Waals surface area contributed by atoms with Crippen LogP contribution in [0.4, 0.5) is 0 Å². The summed E-state index contributed by atoms with van der Waals surface area (Å²) < 4.78 is 3.07. The molecule has 9 nitrogen and oxygen atoms in total. The third-order valence-corrected chi connectivity index (χ3v) is 5.25. The van der Waals surface area contributed by atoms with Crippen molar-refractivity contribution in [2.75, 3.05) is 6.54 Å². The predicted octanol–water partition coefficient (Wildman–Crippen LogP) is 1.07. The van der Waals surface area contributed by atoms with Gasteiger partial charge in [0.1, 0.15) is 5.65 Å². The number of nitrogens with zero attached hydrogens (tertiary/aromatic N) is 4. The second-order valence-electron chi connectivity index (χ2n) is 7.55. The molecule has 3 rings (SSSR count). The minimum Gasteiger partial charge on any atom is -0.352 e. The van der Waals surface area contributed by atoms with Crippen LogP contribution < -0.4 is 16.6 Å². The molecule has 9 heteroatoms. The van der Waals surface area contributed by atoms with Crippen LogP contribution in [0.3, 0.4) is 0 Å². The van der Waals surface area contributed by atoms with Crippen LogP contribution in [0.15, 0.2) is 15.7 Å². The van der Waals surface area contributed by atoms with Crippen molar-refractivity contribution in [1.29, 1.82) is 0 Å². The molecular formula is C20H26N6O3. The maximum atomic E-state index is 12.9. The highest BCUT2D eigenvalue weighted by molar-refractivity contribution is 6.05. The van der Waals surface area contributed by atoms with Crippen molar-refractivity contribution < 1.29 is 4.79 Å². The van der Waals surface area contributed by atoms with E-state index in [1.165, 1.54) is 11.6 Å². The third-order valence-electron chi connectivity index (χ3n) is 5.25. The summed E-state index contributed by atoms with van der Waals surface area (Å²) in [5.74, 6) is -0.344. The number of carbonyl (C=O) groups is 1. The van der Waals surface area contributed by atoms with Crippen LogP contribution in [-0.2, 0) is 20.5 Å². The molecule has 3 aromatic heterocycles. The minimum atomic E-state index is -0.616. The van der Waals surface area contributed by atoms with E-state index < -0.39 is 11.2 Å². The van der Waals surface area contributed by atoms with E-state index in [1.54, 1.807) is 6.07 Å². The molecule has 2 N–H and O–H groups in total. The van der Waals surface area contributed by atoms with Gasteiger partial charge in [-0.2, -0.15) is 5.10 Å². The number of nitrogens with one attached hydrogen (secondary N) is 2. The van der Waals surface area contributed by atoms with E-state index in [9.17, 15) is 14.4 Å². The molecule has 0 unspecified atom stereocenters. The summed E-state index contributed by atoms with van der Waals surface area (Å²) in [5, 5.41) is 7.39. The number of hydrogen-bond acceptors (Lipinski definition) is 5. The smallest absolute Gasteiger partial charge is 0.329 e. The first-order valence-corrected chi connectivity index (χ1v) is 9.53. The normalized spacial score (nSPS) is 11.4. The highest BCUT2D eigenvalue weighted by Crippen LogP contribution is 2.19. The van der Waals surface area contributed by atoms with Gasteiger partial charge in [0.15, 0.2) is 0 Å². The second-order valence-corrected chi connectivity index (χ2v) is 7.55. The van der Waals surface area contributed by atoms with Gasteiger partial charge in [-0.05, 0) is 37.8 Å². The first-order valence-electron chi connectivity index (χ1n) is 9.53. The first-order chi connectivity index (χ1) is 13.6. The van der Waals surface area contributed by atoms with Crippen molar-refractivity contribution in [3.8, 4) is 0 Å². The number of fused-ring (bicyclic) bond motifs is 1. The van der Waals surface area contributed by atoms with Crippen molar-refractivity contribution in [2.24, 2.45) is 14.1 Å². The molecule has 0 radical (unpaired) electrons. The van der Waals surface area contributed by atoms with Crippen LogP contribution in [0.25, 0.3) is 11.0 Å². The lowest BCUT2D eigenvalue weighted by atomic mass is 10.0. The Balaban J connectivity index is 1.97. The van der Waals surface area contributed by atoms with E-state index in [0.29, 0.717) is 18.7 Å². The van der Waals surface area contributed by atoms with Gasteiger partial charge in [-0.1, -0.05) is 13.8 Å². The first kappa shape index (κ1) is 20.5. The van der Waals surface area contributed by atoms with E-state index in [4.69, 9.17) is 0 Å². The molecule has 0 aliphatic rings. The highest BCUT2D eigenvalue weighted by atomic mass is 16.2. The summed E-state index contributed by atoms with van der Waals surface area (Å²) in [7, 11) is 3.41. The van der Waals surface area contributed by atoms with Gasteiger partial charge in [0.05, 0.1) is 16.6 Å². The Labute approximate surface area is 167 Å². The third kappa shape index (κ3) is 3.72. The zero-order chi connectivity index (χ0) is 21.5. The van der Waals surface area contributed by atoms with Crippen LogP contribution in [-0.4, -0.2) is 36.8 Å². The number of hydrogen-bond donors (Lipinski definition) is 2. The molecule has 3 heterocycles. The standard InChI is InChI=1S/C20H26N6O3/c1-10(2)15-9-14(16-17(22-15)25(5)20(29)23-19(16)28)18(27)21-8-7-13-11(3)24-26(6)12(13)4/h9-10H,7-8H2,1-6H3,(H,21,27)(H,23,28,29). The molecule has 3 aromatic rings. The molecule has 154 valence electrons. The predicted molar refractivity (Wildman–Crippen MR) is 110 cm³/mol. The van der Waals surface area contributed by atoms with Gasteiger partial charge in [-0.15, -0.1) is 0 Å². The van der Waals surface area contributed by atoms with Crippen LogP contribution in [0.2, 0.25) is 0 Å². The van der Waals surface area contributed by atoms with Crippen LogP contribution in [0.5, 0.6) is 0 Å². The Bertz CT molecular complexity index is 1220. The summed E-state index contributed by atoms with van der Waals surface area (Å²) in [6.07, 6.45) is 0.631. The second kappa shape index (κ2) is 7.65. The fraction of sp³-hybridized carbons (Fsp3) is 0.450. The van der Waals surface area contributed by atoms with E-state index >= 15 is 0 Å². The van der Waals surface area contributed by atoms with Crippen molar-refractivity contribution in [3.05, 3.63) is 55.1 Å². The van der Waals surface area contributed by atoms with Gasteiger partial charge in [0, 0.05) is 32.0 Å². The Hall–Kier alpha value is -3.23. The van der Waals surface area contributed by atoms with Gasteiger partial charge >= 0.3 is 5.69 Å². The SMILES string of the molecule is Cc1nn(C)c(C)c1CCNC(=O)c1cc(C(C)C)nc2c1c(=O)[nH]c(=O)n2C. The number of amides is 1. The lowest BCUT2D eigenvalue weighted by molar-refractivity contribution is 0.0955. The molecule has 0 atom stereocenters. The molecule has 0 saturated carbocycles. The average molecular weight is 398 g/mol. The summed E-state index contributed by atoms with van der Waals surface area (Å²) in [6.45, 7) is 8.21. The molecule has 0 saturated heterocycles. The van der Waals surface area contributed by atoms with Crippen molar-refractivity contribution in [3.63, 3.8) is 0 Å². The monoisotopic (exact) mass is 398 g/mol. The lowest BCUT2D eigenvalue weighted by Crippen LogP contribution is -2.33. The zero-order valence-corrected chi connectivity index (χ0v) is 17.6. The van der Waals surface area contributed by atoms with Gasteiger partial charge in [0.2, 0.25) is 0 Å². The summed E-state index contributed by atoms with van der Waals surface area (Å²) in [4.78, 5) is 44.1. The number of pyridine rings is 1. The van der Waals surface area contributed by atoms with Gasteiger partial charge in [-0.3, -0.25) is 23.8 Å². The van der Waals surface area contributed by atoms with E-state index in [2.05, 4.69) is 20.4 Å². The van der Waals surface area contributed by atoms with E-state index in [0.717, 1.165) is 17.0 Å². The Morgan fingerprint density at radius 1 is 1.24 bits per heavy atom.